The average molecular weight is 307 g/mol. The first-order valence-corrected chi connectivity index (χ1v) is 6.63. The van der Waals surface area contributed by atoms with E-state index < -0.39 is 11.7 Å². The van der Waals surface area contributed by atoms with E-state index in [2.05, 4.69) is 10.3 Å². The predicted molar refractivity (Wildman–Crippen MR) is 70.6 cm³/mol. The number of hydrogen-bond acceptors (Lipinski definition) is 3. The lowest BCUT2D eigenvalue weighted by atomic mass is 10.1. The molecule has 0 saturated carbocycles. The van der Waals surface area contributed by atoms with Gasteiger partial charge in [0.2, 0.25) is 0 Å². The predicted octanol–water partition coefficient (Wildman–Crippen LogP) is 4.74. The van der Waals surface area contributed by atoms with Gasteiger partial charge in [-0.05, 0) is 25.1 Å². The highest BCUT2D eigenvalue weighted by molar-refractivity contribution is 7.09. The lowest BCUT2D eigenvalue weighted by Gasteiger charge is -2.14. The molecule has 0 aliphatic rings. The molecule has 0 bridgehead atoms. The molecule has 0 aliphatic heterocycles. The summed E-state index contributed by atoms with van der Waals surface area (Å²) in [5.41, 5.74) is 0.0898. The van der Waals surface area contributed by atoms with Crippen LogP contribution in [0, 0.1) is 6.92 Å². The minimum Gasteiger partial charge on any atom is -0.378 e. The summed E-state index contributed by atoms with van der Waals surface area (Å²) < 4.78 is 38.5. The van der Waals surface area contributed by atoms with E-state index in [9.17, 15) is 13.2 Å². The Morgan fingerprint density at radius 3 is 2.68 bits per heavy atom. The van der Waals surface area contributed by atoms with Crippen LogP contribution >= 0.6 is 22.9 Å². The Morgan fingerprint density at radius 2 is 2.11 bits per heavy atom. The molecule has 1 aromatic carbocycles. The second-order valence-electron chi connectivity index (χ2n) is 3.92. The third-order valence-corrected chi connectivity index (χ3v) is 3.59. The molecule has 0 fully saturated rings. The summed E-state index contributed by atoms with van der Waals surface area (Å²) in [6.45, 7) is 2.09. The monoisotopic (exact) mass is 306 g/mol. The Hall–Kier alpha value is -1.27. The summed E-state index contributed by atoms with van der Waals surface area (Å²) in [4.78, 5) is 4.18. The summed E-state index contributed by atoms with van der Waals surface area (Å²) in [5, 5.41) is 5.39. The maximum Gasteiger partial charge on any atom is 0.418 e. The molecule has 1 heterocycles. The van der Waals surface area contributed by atoms with Crippen LogP contribution in [0.5, 0.6) is 0 Å². The van der Waals surface area contributed by atoms with E-state index in [1.54, 1.807) is 0 Å². The Morgan fingerprint density at radius 1 is 1.37 bits per heavy atom. The summed E-state index contributed by atoms with van der Waals surface area (Å²) in [7, 11) is 0. The highest BCUT2D eigenvalue weighted by Crippen LogP contribution is 2.36. The number of nitrogens with zero attached hydrogens (tertiary/aromatic N) is 1. The van der Waals surface area contributed by atoms with Crippen LogP contribution in [0.4, 0.5) is 18.9 Å². The zero-order valence-corrected chi connectivity index (χ0v) is 11.5. The Labute approximate surface area is 117 Å². The molecular weight excluding hydrogens is 297 g/mol. The van der Waals surface area contributed by atoms with Gasteiger partial charge in [0, 0.05) is 21.8 Å². The van der Waals surface area contributed by atoms with Crippen LogP contribution in [0.15, 0.2) is 23.6 Å². The third-order valence-electron chi connectivity index (χ3n) is 2.38. The van der Waals surface area contributed by atoms with Crippen LogP contribution in [0.3, 0.4) is 0 Å². The molecule has 2 aromatic rings. The molecule has 1 aromatic heterocycles. The number of aryl methyl sites for hydroxylation is 1. The highest BCUT2D eigenvalue weighted by Gasteiger charge is 2.33. The van der Waals surface area contributed by atoms with Gasteiger partial charge in [-0.3, -0.25) is 0 Å². The van der Waals surface area contributed by atoms with Gasteiger partial charge in [-0.25, -0.2) is 4.98 Å². The van der Waals surface area contributed by atoms with Crippen molar-refractivity contribution in [2.75, 3.05) is 5.32 Å². The smallest absolute Gasteiger partial charge is 0.378 e. The van der Waals surface area contributed by atoms with Crippen molar-refractivity contribution in [1.29, 1.82) is 0 Å². The van der Waals surface area contributed by atoms with Crippen molar-refractivity contribution >= 4 is 28.6 Å². The molecular formula is C12H10ClF3N2S. The topological polar surface area (TPSA) is 24.9 Å². The van der Waals surface area contributed by atoms with Crippen LogP contribution in [0.25, 0.3) is 0 Å². The third kappa shape index (κ3) is 3.61. The van der Waals surface area contributed by atoms with Crippen molar-refractivity contribution in [1.82, 2.24) is 4.98 Å². The summed E-state index contributed by atoms with van der Waals surface area (Å²) in [6.07, 6.45) is -4.44. The Kier molecular flexibility index (Phi) is 4.01. The number of aromatic nitrogens is 1. The standard InChI is InChI=1S/C12H10ClF3N2S/c1-7-6-19-11(18-7)5-17-10-3-2-8(13)4-9(10)12(14,15)16/h2-4,6,17H,5H2,1H3. The molecule has 19 heavy (non-hydrogen) atoms. The SMILES string of the molecule is Cc1csc(CNc2ccc(Cl)cc2C(F)(F)F)n1. The molecule has 0 atom stereocenters. The van der Waals surface area contributed by atoms with Crippen LogP contribution in [0.1, 0.15) is 16.3 Å². The molecule has 0 unspecified atom stereocenters. The van der Waals surface area contributed by atoms with Crippen LogP contribution in [-0.4, -0.2) is 4.98 Å². The quantitative estimate of drug-likeness (QED) is 0.886. The lowest BCUT2D eigenvalue weighted by molar-refractivity contribution is -0.136. The van der Waals surface area contributed by atoms with Gasteiger partial charge in [-0.15, -0.1) is 11.3 Å². The van der Waals surface area contributed by atoms with Gasteiger partial charge in [0.05, 0.1) is 12.1 Å². The second-order valence-corrected chi connectivity index (χ2v) is 5.30. The van der Waals surface area contributed by atoms with Gasteiger partial charge in [0.25, 0.3) is 0 Å². The van der Waals surface area contributed by atoms with Gasteiger partial charge < -0.3 is 5.32 Å². The normalized spacial score (nSPS) is 11.6. The average Bonchev–Trinajstić information content (AvgIpc) is 2.72. The Balaban J connectivity index is 2.20. The van der Waals surface area contributed by atoms with E-state index in [0.717, 1.165) is 16.8 Å². The van der Waals surface area contributed by atoms with Gasteiger partial charge in [0.15, 0.2) is 0 Å². The number of alkyl halides is 3. The molecule has 0 radical (unpaired) electrons. The van der Waals surface area contributed by atoms with Crippen molar-refractivity contribution in [3.05, 3.63) is 44.9 Å². The number of benzene rings is 1. The zero-order chi connectivity index (χ0) is 14.0. The summed E-state index contributed by atoms with van der Waals surface area (Å²) in [6, 6.07) is 3.66. The number of hydrogen-bond donors (Lipinski definition) is 1. The van der Waals surface area contributed by atoms with E-state index in [1.165, 1.54) is 23.5 Å². The molecule has 0 saturated heterocycles. The lowest BCUT2D eigenvalue weighted by Crippen LogP contribution is -2.10. The molecule has 7 heteroatoms. The first kappa shape index (κ1) is 14.1. The van der Waals surface area contributed by atoms with Gasteiger partial charge >= 0.3 is 6.18 Å². The summed E-state index contributed by atoms with van der Waals surface area (Å²) >= 11 is 7.01. The van der Waals surface area contributed by atoms with Crippen molar-refractivity contribution in [2.45, 2.75) is 19.6 Å². The fourth-order valence-corrected chi connectivity index (χ4v) is 2.44. The molecule has 2 nitrogen and oxygen atoms in total. The van der Waals surface area contributed by atoms with Crippen molar-refractivity contribution in [3.63, 3.8) is 0 Å². The largest absolute Gasteiger partial charge is 0.418 e. The van der Waals surface area contributed by atoms with E-state index >= 15 is 0 Å². The molecule has 2 rings (SSSR count). The number of thiazole rings is 1. The van der Waals surface area contributed by atoms with Crippen LogP contribution in [0.2, 0.25) is 5.02 Å². The van der Waals surface area contributed by atoms with Crippen molar-refractivity contribution in [3.8, 4) is 0 Å². The zero-order valence-electron chi connectivity index (χ0n) is 9.88. The maximum absolute atomic E-state index is 12.8. The molecule has 102 valence electrons. The van der Waals surface area contributed by atoms with Crippen LogP contribution < -0.4 is 5.32 Å². The minimum absolute atomic E-state index is 0.00440. The summed E-state index contributed by atoms with van der Waals surface area (Å²) in [5.74, 6) is 0. The minimum atomic E-state index is -4.44. The number of halogens is 4. The first-order valence-electron chi connectivity index (χ1n) is 5.38. The van der Waals surface area contributed by atoms with Crippen LogP contribution in [-0.2, 0) is 12.7 Å². The highest BCUT2D eigenvalue weighted by atomic mass is 35.5. The molecule has 0 spiro atoms. The number of nitrogens with one attached hydrogen (secondary N) is 1. The Bertz CT molecular complexity index is 581. The number of anilines is 1. The van der Waals surface area contributed by atoms with E-state index in [4.69, 9.17) is 11.6 Å². The first-order chi connectivity index (χ1) is 8.86. The number of rotatable bonds is 3. The molecule has 1 N–H and O–H groups in total. The molecule has 0 aliphatic carbocycles. The second kappa shape index (κ2) is 5.38. The fourth-order valence-electron chi connectivity index (χ4n) is 1.56. The van der Waals surface area contributed by atoms with Gasteiger partial charge in [0.1, 0.15) is 5.01 Å². The van der Waals surface area contributed by atoms with Gasteiger partial charge in [-0.1, -0.05) is 11.6 Å². The maximum atomic E-state index is 12.8. The molecule has 0 amide bonds. The van der Waals surface area contributed by atoms with Crippen molar-refractivity contribution in [2.24, 2.45) is 0 Å². The van der Waals surface area contributed by atoms with E-state index in [1.807, 2.05) is 12.3 Å². The fraction of sp³-hybridized carbons (Fsp3) is 0.250. The van der Waals surface area contributed by atoms with E-state index in [0.29, 0.717) is 0 Å². The van der Waals surface area contributed by atoms with Crippen molar-refractivity contribution < 1.29 is 13.2 Å². The van der Waals surface area contributed by atoms with Gasteiger partial charge in [-0.2, -0.15) is 13.2 Å². The van der Waals surface area contributed by atoms with E-state index in [-0.39, 0.29) is 17.3 Å².